The number of nitrogens with two attached hydrogens (primary N) is 1. The van der Waals surface area contributed by atoms with E-state index in [9.17, 15) is 0 Å². The van der Waals surface area contributed by atoms with E-state index in [2.05, 4.69) is 21.6 Å². The Bertz CT molecular complexity index is 297. The van der Waals surface area contributed by atoms with Gasteiger partial charge in [-0.25, -0.2) is 0 Å². The van der Waals surface area contributed by atoms with Crippen LogP contribution < -0.4 is 5.73 Å². The van der Waals surface area contributed by atoms with Gasteiger partial charge in [-0.05, 0) is 32.2 Å². The predicted octanol–water partition coefficient (Wildman–Crippen LogP) is 0.580. The van der Waals surface area contributed by atoms with Crippen LogP contribution in [-0.2, 0) is 0 Å². The molecule has 1 unspecified atom stereocenters. The first kappa shape index (κ1) is 13.8. The first-order valence-electron chi connectivity index (χ1n) is 8.19. The molecule has 0 bridgehead atoms. The molecule has 0 spiro atoms. The van der Waals surface area contributed by atoms with Gasteiger partial charge in [-0.3, -0.25) is 9.80 Å². The molecule has 0 aromatic rings. The van der Waals surface area contributed by atoms with Gasteiger partial charge in [-0.2, -0.15) is 0 Å². The molecule has 3 fully saturated rings. The van der Waals surface area contributed by atoms with Crippen LogP contribution in [0, 0.1) is 0 Å². The molecule has 0 aromatic heterocycles. The summed E-state index contributed by atoms with van der Waals surface area (Å²) in [6.07, 6.45) is 5.40. The summed E-state index contributed by atoms with van der Waals surface area (Å²) in [6.45, 7) is 11.8. The van der Waals surface area contributed by atoms with Gasteiger partial charge in [0, 0.05) is 57.4 Å². The summed E-state index contributed by atoms with van der Waals surface area (Å²) >= 11 is 0. The maximum absolute atomic E-state index is 6.19. The second-order valence-electron chi connectivity index (χ2n) is 6.71. The number of hydrogen-bond acceptors (Lipinski definition) is 4. The zero-order chi connectivity index (χ0) is 13.3. The number of hydrogen-bond donors (Lipinski definition) is 1. The third kappa shape index (κ3) is 2.82. The molecule has 2 aliphatic heterocycles. The van der Waals surface area contributed by atoms with Crippen molar-refractivity contribution in [1.29, 1.82) is 0 Å². The van der Waals surface area contributed by atoms with Crippen LogP contribution in [0.2, 0.25) is 0 Å². The normalized spacial score (nSPS) is 35.1. The van der Waals surface area contributed by atoms with E-state index in [1.807, 2.05) is 0 Å². The lowest BCUT2D eigenvalue weighted by molar-refractivity contribution is 0.0402. The van der Waals surface area contributed by atoms with Crippen molar-refractivity contribution in [2.45, 2.75) is 44.2 Å². The van der Waals surface area contributed by atoms with Crippen LogP contribution in [0.1, 0.15) is 32.6 Å². The van der Waals surface area contributed by atoms with E-state index in [1.54, 1.807) is 0 Å². The molecule has 1 aliphatic carbocycles. The van der Waals surface area contributed by atoms with Crippen molar-refractivity contribution < 1.29 is 0 Å². The van der Waals surface area contributed by atoms with Crippen molar-refractivity contribution in [3.8, 4) is 0 Å². The molecule has 3 aliphatic rings. The molecule has 0 radical (unpaired) electrons. The lowest BCUT2D eigenvalue weighted by Crippen LogP contribution is -2.61. The Hall–Kier alpha value is -0.160. The molecule has 2 N–H and O–H groups in total. The molecule has 4 heteroatoms. The lowest BCUT2D eigenvalue weighted by Gasteiger charge is -2.45. The van der Waals surface area contributed by atoms with Crippen molar-refractivity contribution in [1.82, 2.24) is 14.7 Å². The monoisotopic (exact) mass is 266 g/mol. The van der Waals surface area contributed by atoms with Gasteiger partial charge in [-0.1, -0.05) is 6.92 Å². The largest absolute Gasteiger partial charge is 0.329 e. The van der Waals surface area contributed by atoms with E-state index in [0.29, 0.717) is 5.54 Å². The molecular formula is C15H30N4. The third-order valence-corrected chi connectivity index (χ3v) is 5.39. The summed E-state index contributed by atoms with van der Waals surface area (Å²) in [7, 11) is 0. The molecule has 19 heavy (non-hydrogen) atoms. The van der Waals surface area contributed by atoms with E-state index < -0.39 is 0 Å². The zero-order valence-corrected chi connectivity index (χ0v) is 12.5. The van der Waals surface area contributed by atoms with Gasteiger partial charge in [-0.15, -0.1) is 0 Å². The third-order valence-electron chi connectivity index (χ3n) is 5.39. The van der Waals surface area contributed by atoms with Crippen LogP contribution in [0.4, 0.5) is 0 Å². The van der Waals surface area contributed by atoms with Gasteiger partial charge in [0.1, 0.15) is 0 Å². The number of likely N-dealkylation sites (tertiary alicyclic amines) is 1. The fourth-order valence-electron chi connectivity index (χ4n) is 3.96. The average Bonchev–Trinajstić information content (AvgIpc) is 3.20. The molecule has 0 aromatic carbocycles. The summed E-state index contributed by atoms with van der Waals surface area (Å²) in [5.74, 6) is 0. The topological polar surface area (TPSA) is 35.7 Å². The maximum Gasteiger partial charge on any atom is 0.0471 e. The van der Waals surface area contributed by atoms with Crippen LogP contribution in [0.25, 0.3) is 0 Å². The molecule has 1 saturated carbocycles. The fraction of sp³-hybridized carbons (Fsp3) is 1.00. The average molecular weight is 266 g/mol. The summed E-state index contributed by atoms with van der Waals surface area (Å²) in [5, 5.41) is 0. The van der Waals surface area contributed by atoms with E-state index in [1.165, 1.54) is 71.5 Å². The van der Waals surface area contributed by atoms with Crippen LogP contribution >= 0.6 is 0 Å². The minimum atomic E-state index is 0.293. The predicted molar refractivity (Wildman–Crippen MR) is 79.3 cm³/mol. The molecule has 3 rings (SSSR count). The van der Waals surface area contributed by atoms with E-state index in [0.717, 1.165) is 12.6 Å². The molecule has 1 atom stereocenters. The van der Waals surface area contributed by atoms with Gasteiger partial charge < -0.3 is 10.6 Å². The summed E-state index contributed by atoms with van der Waals surface area (Å²) in [4.78, 5) is 8.02. The van der Waals surface area contributed by atoms with Crippen molar-refractivity contribution >= 4 is 0 Å². The number of piperazine rings is 1. The highest BCUT2D eigenvalue weighted by Gasteiger charge is 2.46. The second kappa shape index (κ2) is 5.68. The molecule has 0 amide bonds. The maximum atomic E-state index is 6.19. The Morgan fingerprint density at radius 2 is 1.84 bits per heavy atom. The van der Waals surface area contributed by atoms with Crippen LogP contribution in [-0.4, -0.2) is 78.6 Å². The summed E-state index contributed by atoms with van der Waals surface area (Å²) < 4.78 is 0. The van der Waals surface area contributed by atoms with Crippen molar-refractivity contribution in [3.05, 3.63) is 0 Å². The Labute approximate surface area is 117 Å². The fourth-order valence-corrected chi connectivity index (χ4v) is 3.96. The Morgan fingerprint density at radius 1 is 1.11 bits per heavy atom. The standard InChI is InChI=1S/C15H30N4/c1-2-6-17-8-10-19(11-9-17)15(12-16)5-7-18(13-15)14-3-4-14/h14H,2-13,16H2,1H3. The molecule has 2 heterocycles. The molecular weight excluding hydrogens is 236 g/mol. The highest BCUT2D eigenvalue weighted by Crippen LogP contribution is 2.36. The van der Waals surface area contributed by atoms with Crippen molar-refractivity contribution in [3.63, 3.8) is 0 Å². The van der Waals surface area contributed by atoms with E-state index >= 15 is 0 Å². The van der Waals surface area contributed by atoms with Crippen molar-refractivity contribution in [2.24, 2.45) is 5.73 Å². The minimum absolute atomic E-state index is 0.293. The Kier molecular flexibility index (Phi) is 4.13. The van der Waals surface area contributed by atoms with Crippen LogP contribution in [0.15, 0.2) is 0 Å². The Balaban J connectivity index is 1.57. The molecule has 4 nitrogen and oxygen atoms in total. The smallest absolute Gasteiger partial charge is 0.0471 e. The first-order chi connectivity index (χ1) is 9.27. The first-order valence-corrected chi connectivity index (χ1v) is 8.19. The lowest BCUT2D eigenvalue weighted by atomic mass is 9.95. The number of rotatable bonds is 5. The van der Waals surface area contributed by atoms with Crippen LogP contribution in [0.3, 0.4) is 0 Å². The SMILES string of the molecule is CCCN1CCN(C2(CN)CCN(C3CC3)C2)CC1. The molecule has 110 valence electrons. The highest BCUT2D eigenvalue weighted by molar-refractivity contribution is 5.04. The van der Waals surface area contributed by atoms with Crippen LogP contribution in [0.5, 0.6) is 0 Å². The van der Waals surface area contributed by atoms with Crippen molar-refractivity contribution in [2.75, 3.05) is 52.4 Å². The summed E-state index contributed by atoms with van der Waals surface area (Å²) in [5.41, 5.74) is 6.49. The zero-order valence-electron chi connectivity index (χ0n) is 12.5. The van der Waals surface area contributed by atoms with E-state index in [-0.39, 0.29) is 0 Å². The quantitative estimate of drug-likeness (QED) is 0.790. The minimum Gasteiger partial charge on any atom is -0.329 e. The number of nitrogens with zero attached hydrogens (tertiary/aromatic N) is 3. The Morgan fingerprint density at radius 3 is 2.42 bits per heavy atom. The van der Waals surface area contributed by atoms with Gasteiger partial charge in [0.25, 0.3) is 0 Å². The second-order valence-corrected chi connectivity index (χ2v) is 6.71. The molecule has 2 saturated heterocycles. The van der Waals surface area contributed by atoms with Gasteiger partial charge in [0.05, 0.1) is 0 Å². The highest BCUT2D eigenvalue weighted by atomic mass is 15.4. The van der Waals surface area contributed by atoms with E-state index in [4.69, 9.17) is 5.73 Å². The van der Waals surface area contributed by atoms with Gasteiger partial charge in [0.15, 0.2) is 0 Å². The van der Waals surface area contributed by atoms with Gasteiger partial charge in [0.2, 0.25) is 0 Å². The summed E-state index contributed by atoms with van der Waals surface area (Å²) in [6, 6.07) is 0.898. The van der Waals surface area contributed by atoms with Gasteiger partial charge >= 0.3 is 0 Å².